The second-order valence-electron chi connectivity index (χ2n) is 6.75. The van der Waals surface area contributed by atoms with Crippen molar-refractivity contribution < 1.29 is 5.11 Å². The highest BCUT2D eigenvalue weighted by molar-refractivity contribution is 7.05. The first-order valence-electron chi connectivity index (χ1n) is 9.28. The molecule has 0 bridgehead atoms. The van der Waals surface area contributed by atoms with E-state index in [0.29, 0.717) is 6.42 Å². The summed E-state index contributed by atoms with van der Waals surface area (Å²) in [4.78, 5) is 10.7. The molecule has 0 radical (unpaired) electrons. The molecule has 0 aliphatic heterocycles. The van der Waals surface area contributed by atoms with Crippen LogP contribution in [-0.2, 0) is 13.5 Å². The van der Waals surface area contributed by atoms with Crippen LogP contribution in [0.4, 0.5) is 5.82 Å². The topological polar surface area (TPSA) is 93.7 Å². The summed E-state index contributed by atoms with van der Waals surface area (Å²) in [5.41, 5.74) is 3.80. The van der Waals surface area contributed by atoms with Crippen LogP contribution in [0.15, 0.2) is 30.7 Å². The molecule has 4 aromatic heterocycles. The summed E-state index contributed by atoms with van der Waals surface area (Å²) >= 11 is 1.49. The second-order valence-corrected chi connectivity index (χ2v) is 7.64. The van der Waals surface area contributed by atoms with Crippen molar-refractivity contribution in [2.45, 2.75) is 26.2 Å². The van der Waals surface area contributed by atoms with E-state index >= 15 is 0 Å². The Hall–Kier alpha value is -2.78. The van der Waals surface area contributed by atoms with Gasteiger partial charge in [0.05, 0.1) is 23.1 Å². The molecule has 0 fully saturated rings. The molecule has 0 saturated carbocycles. The predicted molar refractivity (Wildman–Crippen MR) is 110 cm³/mol. The number of aromatic nitrogens is 6. The third-order valence-electron chi connectivity index (χ3n) is 4.44. The number of aliphatic hydroxyl groups is 1. The highest BCUT2D eigenvalue weighted by Gasteiger charge is 2.15. The molecule has 4 heterocycles. The van der Waals surface area contributed by atoms with Crippen LogP contribution in [0.2, 0.25) is 0 Å². The normalized spacial score (nSPS) is 11.4. The summed E-state index contributed by atoms with van der Waals surface area (Å²) in [7, 11) is 1.90. The van der Waals surface area contributed by atoms with Crippen molar-refractivity contribution in [1.29, 1.82) is 0 Å². The maximum absolute atomic E-state index is 9.04. The molecular formula is C19H23N7OS. The van der Waals surface area contributed by atoms with Gasteiger partial charge in [0.15, 0.2) is 5.82 Å². The Bertz CT molecular complexity index is 1080. The summed E-state index contributed by atoms with van der Waals surface area (Å²) in [6, 6.07) is 4.08. The van der Waals surface area contributed by atoms with E-state index in [2.05, 4.69) is 25.4 Å². The minimum atomic E-state index is 0.197. The largest absolute Gasteiger partial charge is 0.396 e. The first-order chi connectivity index (χ1) is 13.6. The van der Waals surface area contributed by atoms with Crippen LogP contribution in [-0.4, -0.2) is 46.9 Å². The summed E-state index contributed by atoms with van der Waals surface area (Å²) in [6.45, 7) is 2.93. The molecule has 28 heavy (non-hydrogen) atoms. The van der Waals surface area contributed by atoms with Crippen molar-refractivity contribution in [1.82, 2.24) is 28.7 Å². The number of anilines is 1. The molecule has 2 N–H and O–H groups in total. The zero-order valence-corrected chi connectivity index (χ0v) is 16.8. The number of aliphatic hydroxyl groups excluding tert-OH is 1. The molecule has 0 saturated heterocycles. The van der Waals surface area contributed by atoms with E-state index in [1.807, 2.05) is 38.6 Å². The van der Waals surface area contributed by atoms with Crippen molar-refractivity contribution >= 4 is 28.4 Å². The number of fused-ring (bicyclic) bond motifs is 1. The predicted octanol–water partition coefficient (Wildman–Crippen LogP) is 2.69. The van der Waals surface area contributed by atoms with Gasteiger partial charge in [0.25, 0.3) is 0 Å². The molecule has 0 aromatic carbocycles. The van der Waals surface area contributed by atoms with Gasteiger partial charge in [-0.25, -0.2) is 9.97 Å². The van der Waals surface area contributed by atoms with Crippen LogP contribution < -0.4 is 5.32 Å². The minimum Gasteiger partial charge on any atom is -0.396 e. The van der Waals surface area contributed by atoms with Crippen molar-refractivity contribution in [2.75, 3.05) is 18.5 Å². The second kappa shape index (κ2) is 8.07. The van der Waals surface area contributed by atoms with Crippen molar-refractivity contribution in [3.8, 4) is 5.69 Å². The lowest BCUT2D eigenvalue weighted by Gasteiger charge is -2.11. The maximum Gasteiger partial charge on any atom is 0.154 e. The highest BCUT2D eigenvalue weighted by Crippen LogP contribution is 2.26. The van der Waals surface area contributed by atoms with Gasteiger partial charge in [-0.2, -0.15) is 9.47 Å². The van der Waals surface area contributed by atoms with Gasteiger partial charge in [0, 0.05) is 43.9 Å². The van der Waals surface area contributed by atoms with E-state index in [4.69, 9.17) is 15.1 Å². The van der Waals surface area contributed by atoms with Crippen LogP contribution in [0.3, 0.4) is 0 Å². The molecule has 8 nitrogen and oxygen atoms in total. The minimum absolute atomic E-state index is 0.197. The number of hydrogen-bond donors (Lipinski definition) is 2. The summed E-state index contributed by atoms with van der Waals surface area (Å²) in [5.74, 6) is 1.57. The Labute approximate surface area is 167 Å². The van der Waals surface area contributed by atoms with Crippen LogP contribution in [0.5, 0.6) is 0 Å². The first kappa shape index (κ1) is 18.6. The van der Waals surface area contributed by atoms with Gasteiger partial charge in [0.2, 0.25) is 0 Å². The Morgan fingerprint density at radius 1 is 1.25 bits per heavy atom. The fourth-order valence-electron chi connectivity index (χ4n) is 3.14. The Kier molecular flexibility index (Phi) is 5.36. The van der Waals surface area contributed by atoms with E-state index in [1.54, 1.807) is 4.68 Å². The van der Waals surface area contributed by atoms with E-state index in [1.165, 1.54) is 11.5 Å². The number of hydrogen-bond acceptors (Lipinski definition) is 7. The number of nitrogens with one attached hydrogen (secondary N) is 1. The van der Waals surface area contributed by atoms with E-state index in [0.717, 1.165) is 58.3 Å². The summed E-state index contributed by atoms with van der Waals surface area (Å²) in [5, 5.41) is 16.7. The lowest BCUT2D eigenvalue weighted by atomic mass is 10.3. The first-order valence-corrected chi connectivity index (χ1v) is 10.1. The van der Waals surface area contributed by atoms with Crippen molar-refractivity contribution in [3.63, 3.8) is 0 Å². The molecular weight excluding hydrogens is 374 g/mol. The van der Waals surface area contributed by atoms with Gasteiger partial charge in [-0.05, 0) is 43.4 Å². The molecule has 4 rings (SSSR count). The van der Waals surface area contributed by atoms with Crippen molar-refractivity contribution in [2.24, 2.45) is 7.05 Å². The lowest BCUT2D eigenvalue weighted by Crippen LogP contribution is -2.09. The van der Waals surface area contributed by atoms with Gasteiger partial charge < -0.3 is 15.0 Å². The third-order valence-corrected chi connectivity index (χ3v) is 5.31. The van der Waals surface area contributed by atoms with E-state index in [9.17, 15) is 0 Å². The molecule has 0 aliphatic carbocycles. The van der Waals surface area contributed by atoms with Gasteiger partial charge >= 0.3 is 0 Å². The number of unbranched alkanes of at least 4 members (excludes halogenated alkanes) is 1. The van der Waals surface area contributed by atoms with Gasteiger partial charge in [-0.1, -0.05) is 0 Å². The number of rotatable bonds is 8. The molecule has 0 atom stereocenters. The highest BCUT2D eigenvalue weighted by atomic mass is 32.1. The number of nitrogens with zero attached hydrogens (tertiary/aromatic N) is 6. The average Bonchev–Trinajstić information content (AvgIpc) is 3.38. The molecule has 9 heteroatoms. The SMILES string of the molecule is Cc1cc(Cc2nc(NCCCCO)c3c(ccn3-c3cnn(C)c3)n2)sn1. The van der Waals surface area contributed by atoms with Gasteiger partial charge in [0.1, 0.15) is 11.3 Å². The van der Waals surface area contributed by atoms with Crippen LogP contribution in [0.1, 0.15) is 29.2 Å². The average molecular weight is 398 g/mol. The molecule has 0 unspecified atom stereocenters. The van der Waals surface area contributed by atoms with Crippen LogP contribution >= 0.6 is 11.5 Å². The summed E-state index contributed by atoms with van der Waals surface area (Å²) < 4.78 is 8.17. The van der Waals surface area contributed by atoms with E-state index < -0.39 is 0 Å². The lowest BCUT2D eigenvalue weighted by molar-refractivity contribution is 0.286. The molecule has 0 aliphatic rings. The fraction of sp³-hybridized carbons (Fsp3) is 0.368. The summed E-state index contributed by atoms with van der Waals surface area (Å²) in [6.07, 6.45) is 8.07. The molecule has 4 aromatic rings. The molecule has 0 spiro atoms. The standard InChI is InChI=1S/C19H23N7OS/c1-13-9-15(28-24-13)10-17-22-16-5-7-26(14-11-21-25(2)12-14)18(16)19(23-17)20-6-3-4-8-27/h5,7,9,11-12,27H,3-4,6,8,10H2,1-2H3,(H,20,22,23). The third kappa shape index (κ3) is 3.90. The van der Waals surface area contributed by atoms with Gasteiger partial charge in [-0.15, -0.1) is 0 Å². The van der Waals surface area contributed by atoms with Gasteiger partial charge in [-0.3, -0.25) is 4.68 Å². The van der Waals surface area contributed by atoms with Crippen LogP contribution in [0.25, 0.3) is 16.7 Å². The quantitative estimate of drug-likeness (QED) is 0.444. The Morgan fingerprint density at radius 3 is 2.86 bits per heavy atom. The van der Waals surface area contributed by atoms with Crippen molar-refractivity contribution in [3.05, 3.63) is 47.1 Å². The zero-order valence-electron chi connectivity index (χ0n) is 16.0. The fourth-order valence-corrected chi connectivity index (χ4v) is 3.87. The molecule has 146 valence electrons. The van der Waals surface area contributed by atoms with Crippen LogP contribution in [0, 0.1) is 6.92 Å². The monoisotopic (exact) mass is 397 g/mol. The Morgan fingerprint density at radius 2 is 2.14 bits per heavy atom. The molecule has 0 amide bonds. The zero-order chi connectivity index (χ0) is 19.5. The van der Waals surface area contributed by atoms with E-state index in [-0.39, 0.29) is 6.61 Å². The smallest absolute Gasteiger partial charge is 0.154 e. The number of aryl methyl sites for hydroxylation is 2. The maximum atomic E-state index is 9.04. The Balaban J connectivity index is 1.72.